The minimum Gasteiger partial charge on any atom is -0.345 e. The summed E-state index contributed by atoms with van der Waals surface area (Å²) in [4.78, 5) is 25.8. The van der Waals surface area contributed by atoms with Crippen LogP contribution in [0.25, 0.3) is 0 Å². The van der Waals surface area contributed by atoms with Crippen molar-refractivity contribution in [2.24, 2.45) is 5.92 Å². The van der Waals surface area contributed by atoms with Crippen LogP contribution in [0.5, 0.6) is 0 Å². The van der Waals surface area contributed by atoms with E-state index in [0.717, 1.165) is 24.8 Å². The number of carbonyl (C=O) groups excluding carboxylic acids is 2. The standard InChI is InChI=1S/C18H27N3O2/c1-12-6-5-7-15(10-12)19-18(23)20-16-11-14(9-8-13(16)2)17(22)21(3)4/h8-9,11-12,15H,5-7,10H2,1-4H3,(H2,19,20,23)/t12-,15-/m1/s1. The summed E-state index contributed by atoms with van der Waals surface area (Å²) in [5.41, 5.74) is 2.19. The van der Waals surface area contributed by atoms with Gasteiger partial charge in [0.25, 0.3) is 5.91 Å². The van der Waals surface area contributed by atoms with Crippen molar-refractivity contribution in [3.63, 3.8) is 0 Å². The van der Waals surface area contributed by atoms with Gasteiger partial charge in [0.2, 0.25) is 0 Å². The van der Waals surface area contributed by atoms with Crippen molar-refractivity contribution in [3.05, 3.63) is 29.3 Å². The number of anilines is 1. The third kappa shape index (κ3) is 4.71. The van der Waals surface area contributed by atoms with Gasteiger partial charge >= 0.3 is 6.03 Å². The second-order valence-corrected chi connectivity index (χ2v) is 6.80. The summed E-state index contributed by atoms with van der Waals surface area (Å²) in [5, 5.41) is 5.94. The SMILES string of the molecule is Cc1ccc(C(=O)N(C)C)cc1NC(=O)N[C@@H]1CCC[C@@H](C)C1. The highest BCUT2D eigenvalue weighted by atomic mass is 16.2. The van der Waals surface area contributed by atoms with Gasteiger partial charge in [0.15, 0.2) is 0 Å². The number of urea groups is 1. The molecule has 0 radical (unpaired) electrons. The highest BCUT2D eigenvalue weighted by molar-refractivity contribution is 5.97. The molecule has 2 N–H and O–H groups in total. The van der Waals surface area contributed by atoms with Gasteiger partial charge in [0.05, 0.1) is 0 Å². The molecule has 1 aromatic rings. The van der Waals surface area contributed by atoms with Gasteiger partial charge in [-0.1, -0.05) is 25.8 Å². The molecule has 1 aromatic carbocycles. The van der Waals surface area contributed by atoms with E-state index in [4.69, 9.17) is 0 Å². The molecule has 0 aliphatic heterocycles. The summed E-state index contributed by atoms with van der Waals surface area (Å²) < 4.78 is 0. The molecule has 3 amide bonds. The number of carbonyl (C=O) groups is 2. The van der Waals surface area contributed by atoms with E-state index < -0.39 is 0 Å². The Hall–Kier alpha value is -2.04. The second kappa shape index (κ2) is 7.49. The summed E-state index contributed by atoms with van der Waals surface area (Å²) >= 11 is 0. The molecule has 1 saturated carbocycles. The Morgan fingerprint density at radius 3 is 2.61 bits per heavy atom. The van der Waals surface area contributed by atoms with Gasteiger partial charge in [-0.3, -0.25) is 4.79 Å². The van der Waals surface area contributed by atoms with E-state index in [1.807, 2.05) is 13.0 Å². The van der Waals surface area contributed by atoms with Gasteiger partial charge in [-0.2, -0.15) is 0 Å². The fourth-order valence-electron chi connectivity index (χ4n) is 3.06. The van der Waals surface area contributed by atoms with Crippen LogP contribution in [0.1, 0.15) is 48.5 Å². The van der Waals surface area contributed by atoms with Crippen LogP contribution in [0.4, 0.5) is 10.5 Å². The zero-order valence-corrected chi connectivity index (χ0v) is 14.5. The van der Waals surface area contributed by atoms with Crippen LogP contribution < -0.4 is 10.6 Å². The van der Waals surface area contributed by atoms with Gasteiger partial charge in [-0.25, -0.2) is 4.79 Å². The van der Waals surface area contributed by atoms with Crippen LogP contribution in [0.3, 0.4) is 0 Å². The molecule has 0 saturated heterocycles. The fraction of sp³-hybridized carbons (Fsp3) is 0.556. The third-order valence-electron chi connectivity index (χ3n) is 4.41. The average Bonchev–Trinajstić information content (AvgIpc) is 2.48. The maximum absolute atomic E-state index is 12.2. The molecule has 5 nitrogen and oxygen atoms in total. The third-order valence-corrected chi connectivity index (χ3v) is 4.41. The van der Waals surface area contributed by atoms with E-state index >= 15 is 0 Å². The smallest absolute Gasteiger partial charge is 0.319 e. The highest BCUT2D eigenvalue weighted by Gasteiger charge is 2.20. The Kier molecular flexibility index (Phi) is 5.64. The number of rotatable bonds is 3. The van der Waals surface area contributed by atoms with Crippen LogP contribution in [0, 0.1) is 12.8 Å². The van der Waals surface area contributed by atoms with Crippen molar-refractivity contribution >= 4 is 17.6 Å². The molecule has 2 atom stereocenters. The van der Waals surface area contributed by atoms with Crippen LogP contribution in [-0.4, -0.2) is 37.0 Å². The molecule has 1 aliphatic carbocycles. The normalized spacial score (nSPS) is 20.7. The number of nitrogens with zero attached hydrogens (tertiary/aromatic N) is 1. The van der Waals surface area contributed by atoms with Crippen molar-refractivity contribution in [3.8, 4) is 0 Å². The van der Waals surface area contributed by atoms with E-state index in [2.05, 4.69) is 17.6 Å². The predicted octanol–water partition coefficient (Wildman–Crippen LogP) is 3.40. The van der Waals surface area contributed by atoms with Gasteiger partial charge in [0, 0.05) is 31.4 Å². The summed E-state index contributed by atoms with van der Waals surface area (Å²) in [6.07, 6.45) is 4.48. The van der Waals surface area contributed by atoms with Crippen LogP contribution in [-0.2, 0) is 0 Å². The zero-order chi connectivity index (χ0) is 17.0. The van der Waals surface area contributed by atoms with Gasteiger partial charge in [-0.05, 0) is 43.4 Å². The Morgan fingerprint density at radius 1 is 1.22 bits per heavy atom. The number of amides is 3. The lowest BCUT2D eigenvalue weighted by Crippen LogP contribution is -2.40. The fourth-order valence-corrected chi connectivity index (χ4v) is 3.06. The summed E-state index contributed by atoms with van der Waals surface area (Å²) in [6.45, 7) is 4.15. The van der Waals surface area contributed by atoms with Crippen LogP contribution >= 0.6 is 0 Å². The summed E-state index contributed by atoms with van der Waals surface area (Å²) in [6, 6.07) is 5.42. The molecular formula is C18H27N3O2. The number of hydrogen-bond donors (Lipinski definition) is 2. The van der Waals surface area contributed by atoms with Crippen molar-refractivity contribution in [1.29, 1.82) is 0 Å². The van der Waals surface area contributed by atoms with E-state index in [1.54, 1.807) is 26.2 Å². The van der Waals surface area contributed by atoms with Crippen molar-refractivity contribution in [1.82, 2.24) is 10.2 Å². The number of aryl methyl sites for hydroxylation is 1. The molecule has 2 rings (SSSR count). The van der Waals surface area contributed by atoms with Crippen LogP contribution in [0.2, 0.25) is 0 Å². The summed E-state index contributed by atoms with van der Waals surface area (Å²) in [5.74, 6) is 0.589. The number of benzene rings is 1. The first kappa shape index (κ1) is 17.3. The first-order valence-corrected chi connectivity index (χ1v) is 8.26. The molecule has 0 bridgehead atoms. The number of nitrogens with one attached hydrogen (secondary N) is 2. The van der Waals surface area contributed by atoms with Crippen LogP contribution in [0.15, 0.2) is 18.2 Å². The molecular weight excluding hydrogens is 290 g/mol. The predicted molar refractivity (Wildman–Crippen MR) is 92.8 cm³/mol. The van der Waals surface area contributed by atoms with Gasteiger partial charge in [0.1, 0.15) is 0 Å². The topological polar surface area (TPSA) is 61.4 Å². The molecule has 1 fully saturated rings. The van der Waals surface area contributed by atoms with E-state index in [1.165, 1.54) is 11.3 Å². The molecule has 0 aromatic heterocycles. The lowest BCUT2D eigenvalue weighted by Gasteiger charge is -2.27. The van der Waals surface area contributed by atoms with Crippen molar-refractivity contribution in [2.45, 2.75) is 45.6 Å². The molecule has 23 heavy (non-hydrogen) atoms. The van der Waals surface area contributed by atoms with E-state index in [9.17, 15) is 9.59 Å². The van der Waals surface area contributed by atoms with Crippen molar-refractivity contribution in [2.75, 3.05) is 19.4 Å². The quantitative estimate of drug-likeness (QED) is 0.897. The molecule has 126 valence electrons. The Labute approximate surface area is 138 Å². The Morgan fingerprint density at radius 2 is 1.96 bits per heavy atom. The minimum atomic E-state index is -0.193. The maximum Gasteiger partial charge on any atom is 0.319 e. The molecule has 0 heterocycles. The molecule has 0 unspecified atom stereocenters. The number of hydrogen-bond acceptors (Lipinski definition) is 2. The highest BCUT2D eigenvalue weighted by Crippen LogP contribution is 2.24. The van der Waals surface area contributed by atoms with E-state index in [-0.39, 0.29) is 18.0 Å². The molecule has 0 spiro atoms. The first-order valence-electron chi connectivity index (χ1n) is 8.26. The largest absolute Gasteiger partial charge is 0.345 e. The Bertz CT molecular complexity index is 584. The lowest BCUT2D eigenvalue weighted by molar-refractivity contribution is 0.0827. The van der Waals surface area contributed by atoms with Gasteiger partial charge < -0.3 is 15.5 Å². The zero-order valence-electron chi connectivity index (χ0n) is 14.5. The van der Waals surface area contributed by atoms with Crippen molar-refractivity contribution < 1.29 is 9.59 Å². The average molecular weight is 317 g/mol. The molecule has 5 heteroatoms. The maximum atomic E-state index is 12.2. The lowest BCUT2D eigenvalue weighted by atomic mass is 9.87. The monoisotopic (exact) mass is 317 g/mol. The minimum absolute atomic E-state index is 0.0745. The summed E-state index contributed by atoms with van der Waals surface area (Å²) in [7, 11) is 3.43. The Balaban J connectivity index is 2.02. The second-order valence-electron chi connectivity index (χ2n) is 6.80. The first-order chi connectivity index (χ1) is 10.9. The van der Waals surface area contributed by atoms with Gasteiger partial charge in [-0.15, -0.1) is 0 Å². The van der Waals surface area contributed by atoms with E-state index in [0.29, 0.717) is 17.2 Å². The molecule has 1 aliphatic rings.